The van der Waals surface area contributed by atoms with E-state index in [4.69, 9.17) is 0 Å². The quantitative estimate of drug-likeness (QED) is 0.174. The van der Waals surface area contributed by atoms with E-state index in [2.05, 4.69) is 110 Å². The van der Waals surface area contributed by atoms with E-state index < -0.39 is 0 Å². The fourth-order valence-electron chi connectivity index (χ4n) is 1.75. The average Bonchev–Trinajstić information content (AvgIpc) is 3.33. The standard InChI is InChI=1S/C11H18.C10H16.CH4.I2/c1-9(2)5-4-6-10(3)11-7-8-11;1-5-10(4)8-6-7-9(2)3;;1-2/h5-6,11H,4,7-8H2,1-3H3;5,7-8H,1,6H2,2-4H3;1H4;. The molecule has 0 saturated heterocycles. The predicted molar refractivity (Wildman–Crippen MR) is 133 cm³/mol. The molecule has 0 unspecified atom stereocenters. The Balaban J connectivity index is -0.000000322. The van der Waals surface area contributed by atoms with Crippen LogP contribution in [0.5, 0.6) is 0 Å². The Kier molecular flexibility index (Phi) is 23.5. The van der Waals surface area contributed by atoms with Crippen LogP contribution in [-0.4, -0.2) is 0 Å². The maximum atomic E-state index is 3.67. The summed E-state index contributed by atoms with van der Waals surface area (Å²) >= 11 is 4.24. The fourth-order valence-corrected chi connectivity index (χ4v) is 1.75. The number of hydrogen-bond donors (Lipinski definition) is 0. The Bertz CT molecular complexity index is 425. The second-order valence-corrected chi connectivity index (χ2v) is 6.41. The average molecular weight is 556 g/mol. The number of hydrogen-bond acceptors (Lipinski definition) is 0. The molecule has 0 aromatic rings. The molecule has 24 heavy (non-hydrogen) atoms. The Hall–Kier alpha value is 0.160. The Morgan fingerprint density at radius 2 is 1.25 bits per heavy atom. The molecule has 1 rings (SSSR count). The van der Waals surface area contributed by atoms with Crippen molar-refractivity contribution in [2.24, 2.45) is 5.92 Å². The van der Waals surface area contributed by atoms with Crippen LogP contribution in [0.3, 0.4) is 0 Å². The van der Waals surface area contributed by atoms with E-state index in [0.29, 0.717) is 0 Å². The zero-order valence-electron chi connectivity index (χ0n) is 15.8. The van der Waals surface area contributed by atoms with Crippen LogP contribution < -0.4 is 0 Å². The summed E-state index contributed by atoms with van der Waals surface area (Å²) in [6.45, 7) is 16.5. The first-order valence-corrected chi connectivity index (χ1v) is 14.5. The molecule has 0 bridgehead atoms. The molecule has 0 N–H and O–H groups in total. The molecule has 0 heterocycles. The van der Waals surface area contributed by atoms with Gasteiger partial charge in [0, 0.05) is 37.2 Å². The van der Waals surface area contributed by atoms with Gasteiger partial charge in [-0.25, -0.2) is 0 Å². The minimum Gasteiger partial charge on any atom is -0.0988 e. The highest BCUT2D eigenvalue weighted by atomic mass is 128. The predicted octanol–water partition coefficient (Wildman–Crippen LogP) is 9.58. The number of allylic oxidation sites excluding steroid dienone is 9. The molecule has 0 atom stereocenters. The van der Waals surface area contributed by atoms with E-state index in [0.717, 1.165) is 18.8 Å². The Morgan fingerprint density at radius 1 is 0.833 bits per heavy atom. The summed E-state index contributed by atoms with van der Waals surface area (Å²) in [6.07, 6.45) is 15.9. The molecule has 1 aliphatic rings. The summed E-state index contributed by atoms with van der Waals surface area (Å²) in [5.74, 6) is 0.945. The van der Waals surface area contributed by atoms with E-state index in [1.165, 1.54) is 29.6 Å². The lowest BCUT2D eigenvalue weighted by Gasteiger charge is -1.94. The molecule has 1 fully saturated rings. The van der Waals surface area contributed by atoms with Crippen LogP contribution in [0.1, 0.15) is 74.7 Å². The lowest BCUT2D eigenvalue weighted by Crippen LogP contribution is -1.76. The molecule has 1 saturated carbocycles. The maximum absolute atomic E-state index is 3.67. The first kappa shape index (κ1) is 28.9. The second-order valence-electron chi connectivity index (χ2n) is 6.41. The van der Waals surface area contributed by atoms with Gasteiger partial charge in [0.1, 0.15) is 0 Å². The molecular weight excluding hydrogens is 518 g/mol. The lowest BCUT2D eigenvalue weighted by atomic mass is 10.1. The zero-order chi connectivity index (χ0) is 18.3. The Morgan fingerprint density at radius 3 is 1.58 bits per heavy atom. The van der Waals surface area contributed by atoms with E-state index in [9.17, 15) is 0 Å². The highest BCUT2D eigenvalue weighted by Crippen LogP contribution is 2.36. The number of halogens is 2. The molecule has 0 aliphatic heterocycles. The summed E-state index contributed by atoms with van der Waals surface area (Å²) < 4.78 is 0. The molecular formula is C22H38I2. The minimum absolute atomic E-state index is 0. The van der Waals surface area contributed by atoms with E-state index in [1.54, 1.807) is 5.57 Å². The minimum atomic E-state index is 0. The van der Waals surface area contributed by atoms with Gasteiger partial charge < -0.3 is 0 Å². The van der Waals surface area contributed by atoms with Crippen molar-refractivity contribution < 1.29 is 0 Å². The van der Waals surface area contributed by atoms with Gasteiger partial charge >= 0.3 is 0 Å². The molecule has 1 aliphatic carbocycles. The summed E-state index contributed by atoms with van der Waals surface area (Å²) in [5.41, 5.74) is 5.64. The largest absolute Gasteiger partial charge is 0.0988 e. The fraction of sp³-hybridized carbons (Fsp3) is 0.545. The topological polar surface area (TPSA) is 0 Å². The molecule has 0 nitrogen and oxygen atoms in total. The van der Waals surface area contributed by atoms with Crippen LogP contribution in [0, 0.1) is 5.92 Å². The van der Waals surface area contributed by atoms with Crippen molar-refractivity contribution in [3.05, 3.63) is 59.3 Å². The highest BCUT2D eigenvalue weighted by molar-refractivity contribution is 15.0. The summed E-state index contributed by atoms with van der Waals surface area (Å²) in [5, 5.41) is 0. The van der Waals surface area contributed by atoms with Crippen molar-refractivity contribution in [3.63, 3.8) is 0 Å². The van der Waals surface area contributed by atoms with Gasteiger partial charge in [0.25, 0.3) is 0 Å². The summed E-state index contributed by atoms with van der Waals surface area (Å²) in [4.78, 5) is 0. The third kappa shape index (κ3) is 22.2. The number of rotatable bonds is 6. The van der Waals surface area contributed by atoms with E-state index in [1.807, 2.05) is 6.08 Å². The highest BCUT2D eigenvalue weighted by Gasteiger charge is 2.22. The molecule has 0 radical (unpaired) electrons. The third-order valence-electron chi connectivity index (χ3n) is 3.48. The van der Waals surface area contributed by atoms with Gasteiger partial charge in [0.05, 0.1) is 0 Å². The van der Waals surface area contributed by atoms with Gasteiger partial charge in [0.15, 0.2) is 0 Å². The van der Waals surface area contributed by atoms with Crippen molar-refractivity contribution in [3.8, 4) is 0 Å². The molecule has 0 amide bonds. The van der Waals surface area contributed by atoms with E-state index in [-0.39, 0.29) is 7.43 Å². The van der Waals surface area contributed by atoms with Crippen LogP contribution in [0.25, 0.3) is 0 Å². The van der Waals surface area contributed by atoms with Gasteiger partial charge in [-0.1, -0.05) is 66.7 Å². The van der Waals surface area contributed by atoms with Gasteiger partial charge in [-0.3, -0.25) is 0 Å². The molecule has 0 spiro atoms. The first-order valence-electron chi connectivity index (χ1n) is 8.23. The van der Waals surface area contributed by atoms with Gasteiger partial charge in [-0.15, -0.1) is 0 Å². The van der Waals surface area contributed by atoms with Crippen molar-refractivity contribution in [2.75, 3.05) is 0 Å². The maximum Gasteiger partial charge on any atom is 0 e. The summed E-state index contributed by atoms with van der Waals surface area (Å²) in [6, 6.07) is 0. The normalized spacial score (nSPS) is 13.2. The molecule has 0 aromatic heterocycles. The molecule has 2 heteroatoms. The SMILES string of the molecule is C.C=CC(C)=CCC=C(C)C.CC(C)=CCC=C(C)C1CC1.II. The van der Waals surface area contributed by atoms with Crippen molar-refractivity contribution in [1.29, 1.82) is 0 Å². The van der Waals surface area contributed by atoms with Crippen LogP contribution >= 0.6 is 37.2 Å². The monoisotopic (exact) mass is 556 g/mol. The summed E-state index contributed by atoms with van der Waals surface area (Å²) in [7, 11) is 0. The second kappa shape index (κ2) is 19.5. The Labute approximate surface area is 176 Å². The van der Waals surface area contributed by atoms with Gasteiger partial charge in [-0.2, -0.15) is 0 Å². The van der Waals surface area contributed by atoms with Crippen LogP contribution in [-0.2, 0) is 0 Å². The smallest absolute Gasteiger partial charge is 0 e. The van der Waals surface area contributed by atoms with Crippen molar-refractivity contribution in [2.45, 2.75) is 74.7 Å². The van der Waals surface area contributed by atoms with E-state index >= 15 is 0 Å². The molecule has 140 valence electrons. The third-order valence-corrected chi connectivity index (χ3v) is 3.48. The van der Waals surface area contributed by atoms with Crippen molar-refractivity contribution >= 4 is 37.2 Å². The van der Waals surface area contributed by atoms with Gasteiger partial charge in [-0.05, 0) is 73.1 Å². The lowest BCUT2D eigenvalue weighted by molar-refractivity contribution is 0.990. The van der Waals surface area contributed by atoms with Gasteiger partial charge in [0.2, 0.25) is 0 Å². The van der Waals surface area contributed by atoms with Crippen LogP contribution in [0.4, 0.5) is 0 Å². The van der Waals surface area contributed by atoms with Crippen molar-refractivity contribution in [1.82, 2.24) is 0 Å². The van der Waals surface area contributed by atoms with Crippen LogP contribution in [0.15, 0.2) is 59.3 Å². The zero-order valence-corrected chi connectivity index (χ0v) is 20.1. The van der Waals surface area contributed by atoms with Crippen LogP contribution in [0.2, 0.25) is 0 Å². The first-order chi connectivity index (χ1) is 10.9. The molecule has 0 aromatic carbocycles.